The van der Waals surface area contributed by atoms with Crippen molar-refractivity contribution in [1.29, 1.82) is 0 Å². The van der Waals surface area contributed by atoms with Crippen molar-refractivity contribution in [3.05, 3.63) is 35.9 Å². The van der Waals surface area contributed by atoms with Gasteiger partial charge in [0.2, 0.25) is 0 Å². The number of nitrogens with zero attached hydrogens (tertiary/aromatic N) is 1. The first-order chi connectivity index (χ1) is 6.86. The van der Waals surface area contributed by atoms with Gasteiger partial charge in [-0.2, -0.15) is 0 Å². The molecule has 0 aliphatic heterocycles. The van der Waals surface area contributed by atoms with Gasteiger partial charge in [-0.3, -0.25) is 4.90 Å². The van der Waals surface area contributed by atoms with Gasteiger partial charge < -0.3 is 0 Å². The summed E-state index contributed by atoms with van der Waals surface area (Å²) in [7, 11) is 0. The van der Waals surface area contributed by atoms with Crippen LogP contribution in [0.4, 0.5) is 0 Å². The molecule has 0 amide bonds. The highest BCUT2D eigenvalue weighted by atomic mass is 35.5. The van der Waals surface area contributed by atoms with Crippen LogP contribution in [0.3, 0.4) is 0 Å². The number of hydrogen-bond donors (Lipinski definition) is 0. The molecule has 1 nitrogen and oxygen atoms in total. The Labute approximate surface area is 103 Å². The van der Waals surface area contributed by atoms with E-state index in [2.05, 4.69) is 23.0 Å². The topological polar surface area (TPSA) is 3.24 Å². The molecule has 0 saturated heterocycles. The Kier molecular flexibility index (Phi) is 8.22. The van der Waals surface area contributed by atoms with Crippen LogP contribution in [-0.4, -0.2) is 23.9 Å². The van der Waals surface area contributed by atoms with Gasteiger partial charge in [0.15, 0.2) is 0 Å². The van der Waals surface area contributed by atoms with Crippen molar-refractivity contribution < 1.29 is 0 Å². The number of halogens is 2. The van der Waals surface area contributed by atoms with E-state index in [0.29, 0.717) is 12.4 Å². The van der Waals surface area contributed by atoms with E-state index in [0.717, 1.165) is 13.1 Å². The van der Waals surface area contributed by atoms with Crippen molar-refractivity contribution in [2.45, 2.75) is 6.54 Å². The van der Waals surface area contributed by atoms with Crippen LogP contribution in [0.25, 0.3) is 0 Å². The quantitative estimate of drug-likeness (QED) is 0.568. The molecule has 1 rings (SSSR count). The molecule has 0 unspecified atom stereocenters. The van der Waals surface area contributed by atoms with Crippen molar-refractivity contribution in [2.24, 2.45) is 0 Å². The molecule has 1 aromatic carbocycles. The van der Waals surface area contributed by atoms with E-state index in [1.807, 2.05) is 18.2 Å². The smallest absolute Gasteiger partial charge is 0.0602 e. The summed E-state index contributed by atoms with van der Waals surface area (Å²) in [5.74, 6) is 3.26. The summed E-state index contributed by atoms with van der Waals surface area (Å²) in [6, 6.07) is 10.3. The molecule has 0 spiro atoms. The van der Waals surface area contributed by atoms with Crippen molar-refractivity contribution in [1.82, 2.24) is 4.90 Å². The van der Waals surface area contributed by atoms with Crippen LogP contribution in [0.1, 0.15) is 5.56 Å². The molecule has 0 radical (unpaired) electrons. The number of terminal acetylenes is 1. The Hall–Kier alpha value is -0.680. The van der Waals surface area contributed by atoms with Gasteiger partial charge >= 0.3 is 0 Å². The number of rotatable bonds is 5. The molecular weight excluding hydrogens is 229 g/mol. The summed E-state index contributed by atoms with van der Waals surface area (Å²) in [4.78, 5) is 2.16. The first kappa shape index (κ1) is 14.3. The second-order valence-corrected chi connectivity index (χ2v) is 3.47. The molecular formula is C12H15Cl2N. The molecule has 0 bridgehead atoms. The second-order valence-electron chi connectivity index (χ2n) is 3.09. The zero-order valence-electron chi connectivity index (χ0n) is 8.53. The number of alkyl halides is 1. The van der Waals surface area contributed by atoms with Crippen LogP contribution in [-0.2, 0) is 6.54 Å². The summed E-state index contributed by atoms with van der Waals surface area (Å²) in [6.07, 6.45) is 5.28. The minimum atomic E-state index is 0. The summed E-state index contributed by atoms with van der Waals surface area (Å²) in [5.41, 5.74) is 1.27. The van der Waals surface area contributed by atoms with Gasteiger partial charge in [-0.05, 0) is 5.56 Å². The van der Waals surface area contributed by atoms with Crippen molar-refractivity contribution in [3.63, 3.8) is 0 Å². The van der Waals surface area contributed by atoms with Crippen molar-refractivity contribution >= 4 is 24.0 Å². The predicted molar refractivity (Wildman–Crippen MR) is 68.5 cm³/mol. The van der Waals surface area contributed by atoms with E-state index in [-0.39, 0.29) is 12.4 Å². The van der Waals surface area contributed by atoms with Gasteiger partial charge in [-0.15, -0.1) is 30.4 Å². The molecule has 0 saturated carbocycles. The average molecular weight is 244 g/mol. The summed E-state index contributed by atoms with van der Waals surface area (Å²) in [5, 5.41) is 0. The zero-order valence-corrected chi connectivity index (χ0v) is 10.1. The summed E-state index contributed by atoms with van der Waals surface area (Å²) >= 11 is 5.69. The van der Waals surface area contributed by atoms with Crippen LogP contribution in [0.5, 0.6) is 0 Å². The van der Waals surface area contributed by atoms with E-state index >= 15 is 0 Å². The maximum atomic E-state index is 5.69. The maximum Gasteiger partial charge on any atom is 0.0602 e. The van der Waals surface area contributed by atoms with Crippen LogP contribution in [0.15, 0.2) is 30.3 Å². The zero-order chi connectivity index (χ0) is 10.2. The van der Waals surface area contributed by atoms with Crippen molar-refractivity contribution in [2.75, 3.05) is 19.0 Å². The Morgan fingerprint density at radius 3 is 2.47 bits per heavy atom. The first-order valence-electron chi connectivity index (χ1n) is 4.62. The Balaban J connectivity index is 0.00000196. The number of benzene rings is 1. The lowest BCUT2D eigenvalue weighted by Crippen LogP contribution is -2.25. The van der Waals surface area contributed by atoms with E-state index in [1.54, 1.807) is 0 Å². The molecule has 0 aromatic heterocycles. The van der Waals surface area contributed by atoms with E-state index < -0.39 is 0 Å². The fourth-order valence-electron chi connectivity index (χ4n) is 1.30. The summed E-state index contributed by atoms with van der Waals surface area (Å²) < 4.78 is 0. The Morgan fingerprint density at radius 2 is 1.93 bits per heavy atom. The molecule has 3 heteroatoms. The van der Waals surface area contributed by atoms with Crippen molar-refractivity contribution in [3.8, 4) is 12.3 Å². The normalized spacial score (nSPS) is 9.40. The standard InChI is InChI=1S/C12H14ClN.ClH/c1-2-9-14(10-8-13)11-12-6-4-3-5-7-12;/h1,3-7H,8-11H2;1H. The van der Waals surface area contributed by atoms with Crippen LogP contribution >= 0.6 is 24.0 Å². The predicted octanol–water partition coefficient (Wildman–Crippen LogP) is 2.78. The molecule has 15 heavy (non-hydrogen) atoms. The minimum absolute atomic E-state index is 0. The highest BCUT2D eigenvalue weighted by molar-refractivity contribution is 6.18. The third-order valence-corrected chi connectivity index (χ3v) is 2.13. The SMILES string of the molecule is C#CCN(CCCl)Cc1ccccc1.Cl. The van der Waals surface area contributed by atoms with Gasteiger partial charge in [0.1, 0.15) is 0 Å². The van der Waals surface area contributed by atoms with Gasteiger partial charge in [-0.1, -0.05) is 36.3 Å². The van der Waals surface area contributed by atoms with Gasteiger partial charge in [0.05, 0.1) is 6.54 Å². The Morgan fingerprint density at radius 1 is 1.27 bits per heavy atom. The molecule has 0 aliphatic rings. The average Bonchev–Trinajstić information content (AvgIpc) is 2.20. The minimum Gasteiger partial charge on any atom is -0.287 e. The highest BCUT2D eigenvalue weighted by Crippen LogP contribution is 2.03. The van der Waals surface area contributed by atoms with E-state index in [4.69, 9.17) is 18.0 Å². The largest absolute Gasteiger partial charge is 0.287 e. The lowest BCUT2D eigenvalue weighted by molar-refractivity contribution is 0.318. The molecule has 1 aromatic rings. The maximum absolute atomic E-state index is 5.69. The molecule has 0 heterocycles. The molecule has 0 aliphatic carbocycles. The fraction of sp³-hybridized carbons (Fsp3) is 0.333. The highest BCUT2D eigenvalue weighted by Gasteiger charge is 2.02. The number of hydrogen-bond acceptors (Lipinski definition) is 1. The third kappa shape index (κ3) is 5.69. The van der Waals surface area contributed by atoms with E-state index in [1.165, 1.54) is 5.56 Å². The lowest BCUT2D eigenvalue weighted by atomic mass is 10.2. The monoisotopic (exact) mass is 243 g/mol. The van der Waals surface area contributed by atoms with E-state index in [9.17, 15) is 0 Å². The van der Waals surface area contributed by atoms with Gasteiger partial charge in [-0.25, -0.2) is 0 Å². The van der Waals surface area contributed by atoms with Crippen LogP contribution in [0.2, 0.25) is 0 Å². The van der Waals surface area contributed by atoms with Crippen LogP contribution in [0, 0.1) is 12.3 Å². The van der Waals surface area contributed by atoms with Gasteiger partial charge in [0, 0.05) is 19.0 Å². The molecule has 0 atom stereocenters. The molecule has 0 fully saturated rings. The Bertz CT molecular complexity index is 292. The second kappa shape index (κ2) is 8.61. The molecule has 82 valence electrons. The lowest BCUT2D eigenvalue weighted by Gasteiger charge is -2.18. The molecule has 0 N–H and O–H groups in total. The first-order valence-corrected chi connectivity index (χ1v) is 5.16. The van der Waals surface area contributed by atoms with Gasteiger partial charge in [0.25, 0.3) is 0 Å². The summed E-state index contributed by atoms with van der Waals surface area (Å²) in [6.45, 7) is 2.36. The fourth-order valence-corrected chi connectivity index (χ4v) is 1.54. The van der Waals surface area contributed by atoms with Crippen LogP contribution < -0.4 is 0 Å². The third-order valence-electron chi connectivity index (χ3n) is 1.96.